The van der Waals surface area contributed by atoms with Crippen LogP contribution in [0.3, 0.4) is 0 Å². The Morgan fingerprint density at radius 1 is 1.13 bits per heavy atom. The first-order valence-electron chi connectivity index (χ1n) is 9.89. The number of nitriles is 1. The summed E-state index contributed by atoms with van der Waals surface area (Å²) in [5.74, 6) is -1.33. The highest BCUT2D eigenvalue weighted by molar-refractivity contribution is 7.89. The number of carbonyl (C=O) groups excluding carboxylic acids is 2. The average molecular weight is 442 g/mol. The van der Waals surface area contributed by atoms with Gasteiger partial charge in [-0.05, 0) is 55.7 Å². The van der Waals surface area contributed by atoms with Gasteiger partial charge in [-0.2, -0.15) is 9.57 Å². The first kappa shape index (κ1) is 22.5. The van der Waals surface area contributed by atoms with E-state index in [9.17, 15) is 18.0 Å². The molecule has 0 unspecified atom stereocenters. The number of carbonyl (C=O) groups is 2. The molecule has 9 heteroatoms. The van der Waals surface area contributed by atoms with Crippen molar-refractivity contribution in [3.8, 4) is 6.07 Å². The number of sulfonamides is 1. The van der Waals surface area contributed by atoms with Crippen LogP contribution in [0.25, 0.3) is 0 Å². The topological polar surface area (TPSA) is 117 Å². The second kappa shape index (κ2) is 9.73. The fourth-order valence-electron chi connectivity index (χ4n) is 3.33. The molecule has 1 saturated heterocycles. The molecule has 31 heavy (non-hydrogen) atoms. The summed E-state index contributed by atoms with van der Waals surface area (Å²) in [6.45, 7) is 2.14. The van der Waals surface area contributed by atoms with Crippen molar-refractivity contribution in [3.63, 3.8) is 0 Å². The van der Waals surface area contributed by atoms with E-state index < -0.39 is 28.5 Å². The monoisotopic (exact) mass is 441 g/mol. The van der Waals surface area contributed by atoms with Gasteiger partial charge in [0.2, 0.25) is 10.0 Å². The highest BCUT2D eigenvalue weighted by Crippen LogP contribution is 2.26. The van der Waals surface area contributed by atoms with Gasteiger partial charge in [0.1, 0.15) is 0 Å². The molecule has 0 radical (unpaired) electrons. The maximum atomic E-state index is 13.0. The van der Waals surface area contributed by atoms with E-state index in [1.165, 1.54) is 22.5 Å². The van der Waals surface area contributed by atoms with Crippen LogP contribution in [0.4, 0.5) is 5.69 Å². The number of nitrogens with one attached hydrogen (secondary N) is 1. The number of anilines is 1. The summed E-state index contributed by atoms with van der Waals surface area (Å²) in [6.07, 6.45) is 2.68. The first-order valence-corrected chi connectivity index (χ1v) is 11.3. The molecule has 3 rings (SSSR count). The molecule has 0 aliphatic carbocycles. The van der Waals surface area contributed by atoms with Gasteiger partial charge in [-0.25, -0.2) is 13.2 Å². The summed E-state index contributed by atoms with van der Waals surface area (Å²) in [5.41, 5.74) is 1.36. The number of benzene rings is 2. The highest BCUT2D eigenvalue weighted by atomic mass is 32.2. The SMILES string of the molecule is Cc1ccc(NC(=O)COC(=O)c2cccc(C#N)c2)cc1S(=O)(=O)N1CCCCC1. The fourth-order valence-corrected chi connectivity index (χ4v) is 5.10. The van der Waals surface area contributed by atoms with E-state index in [0.717, 1.165) is 19.3 Å². The van der Waals surface area contributed by atoms with Crippen LogP contribution in [0.1, 0.15) is 40.7 Å². The number of ether oxygens (including phenoxy) is 1. The molecular formula is C22H23N3O5S. The summed E-state index contributed by atoms with van der Waals surface area (Å²) in [7, 11) is -3.65. The van der Waals surface area contributed by atoms with Crippen LogP contribution in [-0.2, 0) is 19.6 Å². The van der Waals surface area contributed by atoms with Crippen molar-refractivity contribution in [1.82, 2.24) is 4.31 Å². The van der Waals surface area contributed by atoms with Gasteiger partial charge in [-0.1, -0.05) is 18.6 Å². The van der Waals surface area contributed by atoms with Gasteiger partial charge in [0.05, 0.1) is 22.1 Å². The lowest BCUT2D eigenvalue weighted by molar-refractivity contribution is -0.119. The number of piperidine rings is 1. The Hall–Kier alpha value is -3.22. The quantitative estimate of drug-likeness (QED) is 0.689. The highest BCUT2D eigenvalue weighted by Gasteiger charge is 2.27. The number of esters is 1. The smallest absolute Gasteiger partial charge is 0.338 e. The van der Waals surface area contributed by atoms with Crippen LogP contribution in [-0.4, -0.2) is 44.3 Å². The fraction of sp³-hybridized carbons (Fsp3) is 0.318. The Morgan fingerprint density at radius 3 is 2.58 bits per heavy atom. The van der Waals surface area contributed by atoms with E-state index in [2.05, 4.69) is 5.32 Å². The lowest BCUT2D eigenvalue weighted by atomic mass is 10.1. The Labute approximate surface area is 181 Å². The number of rotatable bonds is 6. The summed E-state index contributed by atoms with van der Waals surface area (Å²) in [5, 5.41) is 11.5. The Kier molecular flexibility index (Phi) is 7.05. The summed E-state index contributed by atoms with van der Waals surface area (Å²) >= 11 is 0. The van der Waals surface area contributed by atoms with Crippen molar-refractivity contribution in [3.05, 3.63) is 59.2 Å². The van der Waals surface area contributed by atoms with Crippen LogP contribution in [0.5, 0.6) is 0 Å². The molecule has 0 atom stereocenters. The molecule has 0 aromatic heterocycles. The zero-order valence-corrected chi connectivity index (χ0v) is 17.9. The zero-order valence-electron chi connectivity index (χ0n) is 17.1. The first-order chi connectivity index (χ1) is 14.8. The number of amides is 1. The molecule has 8 nitrogen and oxygen atoms in total. The molecule has 1 amide bonds. The summed E-state index contributed by atoms with van der Waals surface area (Å²) in [6, 6.07) is 12.5. The lowest BCUT2D eigenvalue weighted by Gasteiger charge is -2.26. The largest absolute Gasteiger partial charge is 0.452 e. The number of hydrogen-bond acceptors (Lipinski definition) is 6. The van der Waals surface area contributed by atoms with Gasteiger partial charge in [-0.15, -0.1) is 0 Å². The van der Waals surface area contributed by atoms with Gasteiger partial charge < -0.3 is 10.1 Å². The minimum atomic E-state index is -3.65. The molecule has 1 N–H and O–H groups in total. The minimum Gasteiger partial charge on any atom is -0.452 e. The van der Waals surface area contributed by atoms with Crippen LogP contribution in [0.15, 0.2) is 47.4 Å². The molecule has 1 heterocycles. The molecular weight excluding hydrogens is 418 g/mol. The van der Waals surface area contributed by atoms with E-state index in [1.807, 2.05) is 6.07 Å². The second-order valence-electron chi connectivity index (χ2n) is 7.26. The van der Waals surface area contributed by atoms with Crippen LogP contribution < -0.4 is 5.32 Å². The van der Waals surface area contributed by atoms with Crippen molar-refractivity contribution in [2.75, 3.05) is 25.0 Å². The van der Waals surface area contributed by atoms with Crippen LogP contribution >= 0.6 is 0 Å². The second-order valence-corrected chi connectivity index (χ2v) is 9.17. The normalized spacial score (nSPS) is 14.5. The number of hydrogen-bond donors (Lipinski definition) is 1. The van der Waals surface area contributed by atoms with E-state index >= 15 is 0 Å². The lowest BCUT2D eigenvalue weighted by Crippen LogP contribution is -2.36. The standard InChI is InChI=1S/C22H23N3O5S/c1-16-8-9-19(13-20(16)31(28,29)25-10-3-2-4-11-25)24-21(26)15-30-22(27)18-7-5-6-17(12-18)14-23/h5-9,12-13H,2-4,10-11,15H2,1H3,(H,24,26). The van der Waals surface area contributed by atoms with E-state index in [1.54, 1.807) is 31.2 Å². The van der Waals surface area contributed by atoms with Crippen molar-refractivity contribution in [2.24, 2.45) is 0 Å². The molecule has 1 aliphatic rings. The Bertz CT molecular complexity index is 1130. The molecule has 1 fully saturated rings. The molecule has 1 aliphatic heterocycles. The summed E-state index contributed by atoms with van der Waals surface area (Å²) < 4.78 is 32.4. The molecule has 0 bridgehead atoms. The third-order valence-electron chi connectivity index (χ3n) is 4.97. The molecule has 0 spiro atoms. The average Bonchev–Trinajstić information content (AvgIpc) is 2.79. The maximum absolute atomic E-state index is 13.0. The van der Waals surface area contributed by atoms with Crippen molar-refractivity contribution in [1.29, 1.82) is 5.26 Å². The van der Waals surface area contributed by atoms with Gasteiger partial charge in [0.15, 0.2) is 6.61 Å². The van der Waals surface area contributed by atoms with Crippen molar-refractivity contribution in [2.45, 2.75) is 31.1 Å². The van der Waals surface area contributed by atoms with E-state index in [-0.39, 0.29) is 10.5 Å². The van der Waals surface area contributed by atoms with Crippen LogP contribution in [0, 0.1) is 18.3 Å². The number of aryl methyl sites for hydroxylation is 1. The number of nitrogens with zero attached hydrogens (tertiary/aromatic N) is 2. The van der Waals surface area contributed by atoms with Crippen LogP contribution in [0.2, 0.25) is 0 Å². The third-order valence-corrected chi connectivity index (χ3v) is 7.01. The van der Waals surface area contributed by atoms with Gasteiger partial charge in [-0.3, -0.25) is 4.79 Å². The zero-order chi connectivity index (χ0) is 22.4. The molecule has 2 aromatic carbocycles. The third kappa shape index (κ3) is 5.48. The molecule has 162 valence electrons. The van der Waals surface area contributed by atoms with Gasteiger partial charge in [0.25, 0.3) is 5.91 Å². The molecule has 0 saturated carbocycles. The predicted molar refractivity (Wildman–Crippen MR) is 114 cm³/mol. The van der Waals surface area contributed by atoms with E-state index in [4.69, 9.17) is 10.00 Å². The van der Waals surface area contributed by atoms with Gasteiger partial charge in [0, 0.05) is 18.8 Å². The van der Waals surface area contributed by atoms with E-state index in [0.29, 0.717) is 29.9 Å². The Morgan fingerprint density at radius 2 is 1.87 bits per heavy atom. The minimum absolute atomic E-state index is 0.150. The molecule has 2 aromatic rings. The van der Waals surface area contributed by atoms with Crippen molar-refractivity contribution < 1.29 is 22.7 Å². The summed E-state index contributed by atoms with van der Waals surface area (Å²) in [4.78, 5) is 24.4. The maximum Gasteiger partial charge on any atom is 0.338 e. The van der Waals surface area contributed by atoms with Gasteiger partial charge >= 0.3 is 5.97 Å². The Balaban J connectivity index is 1.66. The predicted octanol–water partition coefficient (Wildman–Crippen LogP) is 2.84. The van der Waals surface area contributed by atoms with Crippen molar-refractivity contribution >= 4 is 27.6 Å².